The average Bonchev–Trinajstić information content (AvgIpc) is 3.35. The number of carbonyl (C=O) groups is 2. The van der Waals surface area contributed by atoms with Gasteiger partial charge >= 0.3 is 12.1 Å². The fourth-order valence-corrected chi connectivity index (χ4v) is 4.58. The predicted octanol–water partition coefficient (Wildman–Crippen LogP) is 4.44. The third kappa shape index (κ3) is 4.75. The highest BCUT2D eigenvalue weighted by Crippen LogP contribution is 2.40. The molecular weight excluding hydrogens is 412 g/mol. The van der Waals surface area contributed by atoms with E-state index in [1.54, 1.807) is 20.0 Å². The number of cyclic esters (lactones) is 1. The first-order valence-electron chi connectivity index (χ1n) is 11.4. The van der Waals surface area contributed by atoms with E-state index in [-0.39, 0.29) is 12.3 Å². The summed E-state index contributed by atoms with van der Waals surface area (Å²) in [6.45, 7) is 7.25. The fraction of sp³-hybridized carbons (Fsp3) is 0.625. The largest absolute Gasteiger partial charge is 0.465 e. The van der Waals surface area contributed by atoms with Gasteiger partial charge in [-0.1, -0.05) is 26.7 Å². The highest BCUT2D eigenvalue weighted by atomic mass is 16.8. The molecular formula is C24H32N2O6. The van der Waals surface area contributed by atoms with Crippen LogP contribution < -0.4 is 5.32 Å². The zero-order valence-corrected chi connectivity index (χ0v) is 19.1. The van der Waals surface area contributed by atoms with Crippen LogP contribution in [0.2, 0.25) is 0 Å². The van der Waals surface area contributed by atoms with E-state index in [0.717, 1.165) is 29.9 Å². The van der Waals surface area contributed by atoms with E-state index in [1.807, 2.05) is 26.0 Å². The number of pyridine rings is 1. The summed E-state index contributed by atoms with van der Waals surface area (Å²) in [5, 5.41) is 12.8. The van der Waals surface area contributed by atoms with Gasteiger partial charge in [-0.05, 0) is 36.8 Å². The standard InChI is InChI=1S/C24H32N2O6/c1-14(2)11-20(26-22(28)29)24(21(27)31-23(3,4)32-24)13-18-17-12-16(8-7-15-5-6-15)30-19(17)9-10-25-18/h9-10,12,14-15,20,26H,5-8,11,13H2,1-4H3,(H,28,29)/t20-,24+/m0/s1. The van der Waals surface area contributed by atoms with Crippen LogP contribution >= 0.6 is 0 Å². The summed E-state index contributed by atoms with van der Waals surface area (Å²) < 4.78 is 17.8. The van der Waals surface area contributed by atoms with Gasteiger partial charge in [0.2, 0.25) is 5.79 Å². The maximum Gasteiger partial charge on any atom is 0.404 e. The molecule has 2 aromatic rings. The van der Waals surface area contributed by atoms with Gasteiger partial charge in [0.1, 0.15) is 11.3 Å². The second kappa shape index (κ2) is 8.39. The monoisotopic (exact) mass is 444 g/mol. The van der Waals surface area contributed by atoms with E-state index in [1.165, 1.54) is 12.8 Å². The summed E-state index contributed by atoms with van der Waals surface area (Å²) in [4.78, 5) is 29.4. The van der Waals surface area contributed by atoms with E-state index in [9.17, 15) is 14.7 Å². The van der Waals surface area contributed by atoms with E-state index < -0.39 is 29.5 Å². The number of hydrogen-bond acceptors (Lipinski definition) is 6. The number of carboxylic acid groups (broad SMARTS) is 1. The smallest absolute Gasteiger partial charge is 0.404 e. The van der Waals surface area contributed by atoms with Gasteiger partial charge in [-0.15, -0.1) is 0 Å². The van der Waals surface area contributed by atoms with E-state index in [2.05, 4.69) is 10.3 Å². The Morgan fingerprint density at radius 2 is 2.09 bits per heavy atom. The lowest BCUT2D eigenvalue weighted by atomic mass is 9.83. The molecule has 2 aliphatic rings. The van der Waals surface area contributed by atoms with Gasteiger partial charge < -0.3 is 24.3 Å². The molecule has 1 saturated heterocycles. The van der Waals surface area contributed by atoms with Crippen molar-refractivity contribution in [2.45, 2.75) is 83.6 Å². The summed E-state index contributed by atoms with van der Waals surface area (Å²) in [6.07, 6.45) is 5.47. The molecule has 1 amide bonds. The van der Waals surface area contributed by atoms with Gasteiger partial charge in [-0.25, -0.2) is 9.59 Å². The quantitative estimate of drug-likeness (QED) is 0.550. The van der Waals surface area contributed by atoms with Crippen LogP contribution in [0.15, 0.2) is 22.7 Å². The molecule has 0 aromatic carbocycles. The van der Waals surface area contributed by atoms with Crippen LogP contribution in [0, 0.1) is 11.8 Å². The molecule has 8 heteroatoms. The Balaban J connectivity index is 1.71. The minimum atomic E-state index is -1.53. The van der Waals surface area contributed by atoms with E-state index in [4.69, 9.17) is 13.9 Å². The number of fused-ring (bicyclic) bond motifs is 1. The van der Waals surface area contributed by atoms with Crippen molar-refractivity contribution in [3.8, 4) is 0 Å². The van der Waals surface area contributed by atoms with Crippen molar-refractivity contribution in [2.75, 3.05) is 0 Å². The minimum Gasteiger partial charge on any atom is -0.465 e. The maximum atomic E-state index is 13.2. The van der Waals surface area contributed by atoms with E-state index >= 15 is 0 Å². The number of aromatic nitrogens is 1. The number of carbonyl (C=O) groups excluding carboxylic acids is 1. The Morgan fingerprint density at radius 3 is 2.69 bits per heavy atom. The number of esters is 1. The number of hydrogen-bond donors (Lipinski definition) is 2. The number of nitrogens with zero attached hydrogens (tertiary/aromatic N) is 1. The summed E-state index contributed by atoms with van der Waals surface area (Å²) in [5.41, 5.74) is -0.202. The molecule has 0 unspecified atom stereocenters. The molecule has 1 aliphatic carbocycles. The summed E-state index contributed by atoms with van der Waals surface area (Å²) in [7, 11) is 0. The SMILES string of the molecule is CC(C)C[C@H](NC(=O)O)[C@@]1(Cc2nccc3oc(CCC4CC4)cc23)OC(C)(C)OC1=O. The van der Waals surface area contributed by atoms with Crippen LogP contribution in [-0.2, 0) is 27.1 Å². The Hall–Kier alpha value is -2.61. The third-order valence-electron chi connectivity index (χ3n) is 6.18. The van der Waals surface area contributed by atoms with Crippen LogP contribution in [0.3, 0.4) is 0 Å². The lowest BCUT2D eigenvalue weighted by Gasteiger charge is -2.35. The highest BCUT2D eigenvalue weighted by molar-refractivity contribution is 5.86. The zero-order valence-electron chi connectivity index (χ0n) is 19.1. The van der Waals surface area contributed by atoms with Gasteiger partial charge in [0.15, 0.2) is 5.60 Å². The van der Waals surface area contributed by atoms with Gasteiger partial charge in [-0.2, -0.15) is 0 Å². The topological polar surface area (TPSA) is 111 Å². The minimum absolute atomic E-state index is 0.0753. The molecule has 2 N–H and O–H groups in total. The number of nitrogens with one attached hydrogen (secondary N) is 1. The van der Waals surface area contributed by atoms with Crippen molar-refractivity contribution in [2.24, 2.45) is 11.8 Å². The molecule has 3 heterocycles. The van der Waals surface area contributed by atoms with Crippen LogP contribution in [0.5, 0.6) is 0 Å². The zero-order chi connectivity index (χ0) is 23.1. The van der Waals surface area contributed by atoms with Crippen LogP contribution in [-0.4, -0.2) is 39.6 Å². The Morgan fingerprint density at radius 1 is 1.34 bits per heavy atom. The predicted molar refractivity (Wildman–Crippen MR) is 117 cm³/mol. The Kier molecular flexibility index (Phi) is 5.92. The second-order valence-electron chi connectivity index (χ2n) is 9.95. The normalized spacial score (nSPS) is 23.5. The number of aryl methyl sites for hydroxylation is 1. The van der Waals surface area contributed by atoms with Gasteiger partial charge in [-0.3, -0.25) is 4.98 Å². The van der Waals surface area contributed by atoms with Crippen molar-refractivity contribution in [3.63, 3.8) is 0 Å². The van der Waals surface area contributed by atoms with Crippen molar-refractivity contribution in [1.82, 2.24) is 10.3 Å². The van der Waals surface area contributed by atoms with Crippen molar-refractivity contribution in [3.05, 3.63) is 29.8 Å². The third-order valence-corrected chi connectivity index (χ3v) is 6.18. The lowest BCUT2D eigenvalue weighted by molar-refractivity contribution is -0.170. The lowest BCUT2D eigenvalue weighted by Crippen LogP contribution is -2.58. The number of amides is 1. The summed E-state index contributed by atoms with van der Waals surface area (Å²) in [5.74, 6) is 0.0556. The maximum absolute atomic E-state index is 13.2. The molecule has 2 atom stereocenters. The average molecular weight is 445 g/mol. The van der Waals surface area contributed by atoms with Crippen LogP contribution in [0.1, 0.15) is 64.8 Å². The highest BCUT2D eigenvalue weighted by Gasteiger charge is 2.59. The number of rotatable bonds is 9. The molecule has 4 rings (SSSR count). The number of furan rings is 1. The molecule has 2 fully saturated rings. The molecule has 2 aromatic heterocycles. The molecule has 1 aliphatic heterocycles. The van der Waals surface area contributed by atoms with Crippen LogP contribution in [0.25, 0.3) is 11.0 Å². The molecule has 8 nitrogen and oxygen atoms in total. The Labute approximate surface area is 187 Å². The molecule has 0 bridgehead atoms. The fourth-order valence-electron chi connectivity index (χ4n) is 4.58. The summed E-state index contributed by atoms with van der Waals surface area (Å²) in [6, 6.07) is 3.00. The first-order chi connectivity index (χ1) is 15.1. The molecule has 1 saturated carbocycles. The first-order valence-corrected chi connectivity index (χ1v) is 11.4. The molecule has 0 spiro atoms. The van der Waals surface area contributed by atoms with Gasteiger partial charge in [0.05, 0.1) is 11.7 Å². The molecule has 174 valence electrons. The summed E-state index contributed by atoms with van der Waals surface area (Å²) >= 11 is 0. The van der Waals surface area contributed by atoms with E-state index in [0.29, 0.717) is 17.7 Å². The number of ether oxygens (including phenoxy) is 2. The van der Waals surface area contributed by atoms with Crippen LogP contribution in [0.4, 0.5) is 4.79 Å². The second-order valence-corrected chi connectivity index (χ2v) is 9.95. The van der Waals surface area contributed by atoms with Crippen molar-refractivity contribution >= 4 is 23.0 Å². The Bertz CT molecular complexity index is 1010. The molecule has 0 radical (unpaired) electrons. The van der Waals surface area contributed by atoms with Gasteiger partial charge in [0.25, 0.3) is 0 Å². The first kappa shape index (κ1) is 22.6. The van der Waals surface area contributed by atoms with Crippen molar-refractivity contribution in [1.29, 1.82) is 0 Å². The molecule has 32 heavy (non-hydrogen) atoms. The van der Waals surface area contributed by atoms with Gasteiger partial charge in [0, 0.05) is 38.3 Å². The van der Waals surface area contributed by atoms with Crippen molar-refractivity contribution < 1.29 is 28.6 Å².